The molecule has 0 atom stereocenters. The van der Waals surface area contributed by atoms with Crippen LogP contribution in [0.25, 0.3) is 77.2 Å². The molecule has 0 unspecified atom stereocenters. The van der Waals surface area contributed by atoms with Crippen LogP contribution in [0, 0.1) is 22.7 Å². The number of fused-ring (bicyclic) bond motifs is 6. The van der Waals surface area contributed by atoms with Gasteiger partial charge < -0.3 is 9.13 Å². The van der Waals surface area contributed by atoms with E-state index in [1.165, 1.54) is 21.5 Å². The van der Waals surface area contributed by atoms with Crippen molar-refractivity contribution in [1.82, 2.24) is 9.13 Å². The second-order valence-corrected chi connectivity index (χ2v) is 12.0. The number of nitriles is 2. The Morgan fingerprint density at radius 2 is 0.938 bits per heavy atom. The number of hydrogen-bond acceptors (Lipinski definition) is 2. The predicted octanol–water partition coefficient (Wildman–Crippen LogP) is 11.0. The van der Waals surface area contributed by atoms with Crippen molar-refractivity contribution < 1.29 is 0 Å². The first-order valence-electron chi connectivity index (χ1n) is 15.9. The molecule has 0 aliphatic heterocycles. The van der Waals surface area contributed by atoms with Gasteiger partial charge in [-0.2, -0.15) is 10.5 Å². The smallest absolute Gasteiger partial charge is 0.0998 e. The second kappa shape index (κ2) is 10.9. The van der Waals surface area contributed by atoms with E-state index in [0.29, 0.717) is 11.1 Å². The highest BCUT2D eigenvalue weighted by Gasteiger charge is 2.18. The minimum Gasteiger partial charge on any atom is -0.309 e. The lowest BCUT2D eigenvalue weighted by atomic mass is 9.93. The Kier molecular flexibility index (Phi) is 6.22. The summed E-state index contributed by atoms with van der Waals surface area (Å²) < 4.78 is 4.57. The van der Waals surface area contributed by atoms with Gasteiger partial charge in [-0.05, 0) is 77.9 Å². The van der Waals surface area contributed by atoms with Crippen LogP contribution in [0.1, 0.15) is 11.1 Å². The lowest BCUT2D eigenvalue weighted by Crippen LogP contribution is -1.99. The van der Waals surface area contributed by atoms with Gasteiger partial charge in [0.05, 0.1) is 51.0 Å². The van der Waals surface area contributed by atoms with Crippen LogP contribution in [0.2, 0.25) is 0 Å². The molecule has 0 bridgehead atoms. The molecule has 0 N–H and O–H groups in total. The maximum absolute atomic E-state index is 10.3. The number of para-hydroxylation sites is 4. The highest BCUT2D eigenvalue weighted by atomic mass is 15.0. The highest BCUT2D eigenvalue weighted by Crippen LogP contribution is 2.39. The van der Waals surface area contributed by atoms with Crippen molar-refractivity contribution in [3.63, 3.8) is 0 Å². The third kappa shape index (κ3) is 4.14. The Hall–Kier alpha value is -6.88. The van der Waals surface area contributed by atoms with E-state index in [9.17, 15) is 10.5 Å². The van der Waals surface area contributed by atoms with E-state index in [0.717, 1.165) is 55.7 Å². The minimum atomic E-state index is 0.578. The first-order chi connectivity index (χ1) is 23.7. The van der Waals surface area contributed by atoms with Gasteiger partial charge >= 0.3 is 0 Å². The first-order valence-corrected chi connectivity index (χ1v) is 15.9. The lowest BCUT2D eigenvalue weighted by Gasteiger charge is -2.16. The summed E-state index contributed by atoms with van der Waals surface area (Å²) in [4.78, 5) is 0. The zero-order valence-electron chi connectivity index (χ0n) is 25.8. The van der Waals surface area contributed by atoms with Crippen LogP contribution < -0.4 is 0 Å². The van der Waals surface area contributed by atoms with E-state index < -0.39 is 0 Å². The molecule has 2 aromatic heterocycles. The maximum Gasteiger partial charge on any atom is 0.0998 e. The van der Waals surface area contributed by atoms with Crippen molar-refractivity contribution in [3.8, 4) is 45.8 Å². The van der Waals surface area contributed by atoms with Crippen LogP contribution in [0.15, 0.2) is 158 Å². The molecule has 4 heteroatoms. The van der Waals surface area contributed by atoms with Crippen molar-refractivity contribution in [1.29, 1.82) is 10.5 Å². The molecule has 7 aromatic carbocycles. The van der Waals surface area contributed by atoms with Crippen LogP contribution in [0.4, 0.5) is 0 Å². The largest absolute Gasteiger partial charge is 0.309 e. The van der Waals surface area contributed by atoms with Gasteiger partial charge in [0.15, 0.2) is 0 Å². The number of hydrogen-bond donors (Lipinski definition) is 0. The van der Waals surface area contributed by atoms with Crippen molar-refractivity contribution in [2.24, 2.45) is 0 Å². The zero-order valence-corrected chi connectivity index (χ0v) is 25.8. The van der Waals surface area contributed by atoms with E-state index in [1.807, 2.05) is 30.3 Å². The monoisotopic (exact) mass is 610 g/mol. The van der Waals surface area contributed by atoms with Gasteiger partial charge in [-0.3, -0.25) is 0 Å². The quantitative estimate of drug-likeness (QED) is 0.199. The fraction of sp³-hybridized carbons (Fsp3) is 0. The van der Waals surface area contributed by atoms with Gasteiger partial charge in [0, 0.05) is 38.4 Å². The Balaban J connectivity index is 1.26. The summed E-state index contributed by atoms with van der Waals surface area (Å²) >= 11 is 0. The van der Waals surface area contributed by atoms with E-state index in [4.69, 9.17) is 0 Å². The fourth-order valence-corrected chi connectivity index (χ4v) is 7.28. The van der Waals surface area contributed by atoms with E-state index >= 15 is 0 Å². The molecule has 222 valence electrons. The van der Waals surface area contributed by atoms with Crippen molar-refractivity contribution in [2.75, 3.05) is 0 Å². The van der Waals surface area contributed by atoms with Crippen LogP contribution in [0.5, 0.6) is 0 Å². The molecule has 0 saturated carbocycles. The first kappa shape index (κ1) is 27.4. The minimum absolute atomic E-state index is 0.578. The van der Waals surface area contributed by atoms with E-state index in [-0.39, 0.29) is 0 Å². The molecule has 0 amide bonds. The summed E-state index contributed by atoms with van der Waals surface area (Å²) in [6.45, 7) is 0. The number of rotatable bonds is 4. The van der Waals surface area contributed by atoms with Crippen LogP contribution >= 0.6 is 0 Å². The second-order valence-electron chi connectivity index (χ2n) is 12.0. The van der Waals surface area contributed by atoms with E-state index in [1.54, 1.807) is 0 Å². The van der Waals surface area contributed by atoms with Gasteiger partial charge in [0.25, 0.3) is 0 Å². The Bertz CT molecular complexity index is 2710. The molecule has 0 aliphatic carbocycles. The summed E-state index contributed by atoms with van der Waals surface area (Å²) in [6.07, 6.45) is 0. The van der Waals surface area contributed by atoms with Gasteiger partial charge in [0.1, 0.15) is 0 Å². The Morgan fingerprint density at radius 1 is 0.396 bits per heavy atom. The summed E-state index contributed by atoms with van der Waals surface area (Å²) in [5.74, 6) is 0. The highest BCUT2D eigenvalue weighted by molar-refractivity contribution is 6.10. The van der Waals surface area contributed by atoms with Gasteiger partial charge in [-0.25, -0.2) is 0 Å². The Labute approximate surface area is 277 Å². The molecule has 2 heterocycles. The predicted molar refractivity (Wildman–Crippen MR) is 195 cm³/mol. The van der Waals surface area contributed by atoms with Crippen LogP contribution in [-0.2, 0) is 0 Å². The lowest BCUT2D eigenvalue weighted by molar-refractivity contribution is 1.18. The molecule has 0 spiro atoms. The third-order valence-corrected chi connectivity index (χ3v) is 9.39. The molecule has 0 radical (unpaired) electrons. The third-order valence-electron chi connectivity index (χ3n) is 9.39. The molecular formula is C44H26N4. The van der Waals surface area contributed by atoms with Gasteiger partial charge in [-0.15, -0.1) is 0 Å². The maximum atomic E-state index is 10.3. The summed E-state index contributed by atoms with van der Waals surface area (Å²) in [6, 6.07) is 58.8. The Morgan fingerprint density at radius 3 is 1.50 bits per heavy atom. The molecule has 48 heavy (non-hydrogen) atoms. The van der Waals surface area contributed by atoms with Crippen molar-refractivity contribution >= 4 is 43.6 Å². The average Bonchev–Trinajstić information content (AvgIpc) is 3.67. The van der Waals surface area contributed by atoms with Crippen molar-refractivity contribution in [3.05, 3.63) is 169 Å². The normalized spacial score (nSPS) is 11.3. The van der Waals surface area contributed by atoms with Crippen LogP contribution in [-0.4, -0.2) is 9.13 Å². The van der Waals surface area contributed by atoms with E-state index in [2.05, 4.69) is 149 Å². The van der Waals surface area contributed by atoms with Gasteiger partial charge in [-0.1, -0.05) is 91.0 Å². The molecule has 0 fully saturated rings. The zero-order chi connectivity index (χ0) is 32.2. The fourth-order valence-electron chi connectivity index (χ4n) is 7.28. The van der Waals surface area contributed by atoms with Crippen molar-refractivity contribution in [2.45, 2.75) is 0 Å². The standard InChI is InChI=1S/C44H26N4/c45-27-29-20-23-44(48-42-18-7-3-14-36(42)37-15-4-8-19-43(37)48)39(24-29)31-21-22-32(28-46)38(26-31)30-10-9-11-33(25-30)47-40-16-5-1-12-34(40)35-13-2-6-17-41(35)47/h1-26H. The topological polar surface area (TPSA) is 57.4 Å². The molecule has 0 saturated heterocycles. The van der Waals surface area contributed by atoms with Gasteiger partial charge in [0.2, 0.25) is 0 Å². The van der Waals surface area contributed by atoms with Crippen LogP contribution in [0.3, 0.4) is 0 Å². The molecule has 0 aliphatic rings. The SMILES string of the molecule is N#Cc1ccc(-n2c3ccccc3c3ccccc32)c(-c2ccc(C#N)c(-c3cccc(-n4c5ccccc5c5ccccc54)c3)c2)c1. The number of aromatic nitrogens is 2. The molecule has 9 aromatic rings. The molecule has 9 rings (SSSR count). The summed E-state index contributed by atoms with van der Waals surface area (Å²) in [7, 11) is 0. The average molecular weight is 611 g/mol. The number of nitrogens with zero attached hydrogens (tertiary/aromatic N) is 4. The summed E-state index contributed by atoms with van der Waals surface area (Å²) in [5.41, 5.74) is 11.3. The molecule has 4 nitrogen and oxygen atoms in total. The number of benzene rings is 7. The summed E-state index contributed by atoms with van der Waals surface area (Å²) in [5, 5.41) is 25.0. The molecular weight excluding hydrogens is 585 g/mol.